The minimum Gasteiger partial charge on any atom is -0.337 e. The van der Waals surface area contributed by atoms with Crippen LogP contribution in [0.5, 0.6) is 0 Å². The molecule has 1 aromatic heterocycles. The number of carbonyl (C=O) groups is 1. The molecule has 1 amide bonds. The number of hydrogen-bond donors (Lipinski definition) is 1. The molecule has 0 radical (unpaired) electrons. The maximum Gasteiger partial charge on any atom is 0.275 e. The second-order valence-corrected chi connectivity index (χ2v) is 5.40. The Kier molecular flexibility index (Phi) is 4.53. The zero-order valence-corrected chi connectivity index (χ0v) is 11.7. The van der Waals surface area contributed by atoms with Crippen molar-refractivity contribution in [2.45, 2.75) is 12.8 Å². The van der Waals surface area contributed by atoms with E-state index in [4.69, 9.17) is 0 Å². The van der Waals surface area contributed by atoms with Crippen molar-refractivity contribution in [1.82, 2.24) is 19.0 Å². The highest BCUT2D eigenvalue weighted by atomic mass is 35.5. The molecule has 2 aliphatic rings. The molecule has 3 rings (SSSR count). The van der Waals surface area contributed by atoms with E-state index in [0.717, 1.165) is 62.6 Å². The lowest BCUT2D eigenvalue weighted by Crippen LogP contribution is -2.32. The van der Waals surface area contributed by atoms with Crippen molar-refractivity contribution < 1.29 is 4.79 Å². The fourth-order valence-corrected chi connectivity index (χ4v) is 3.25. The largest absolute Gasteiger partial charge is 0.337 e. The molecule has 2 saturated heterocycles. The van der Waals surface area contributed by atoms with Crippen LogP contribution in [0, 0.1) is 11.8 Å². The van der Waals surface area contributed by atoms with Crippen molar-refractivity contribution in [1.29, 1.82) is 0 Å². The highest BCUT2D eigenvalue weighted by Gasteiger charge is 2.32. The number of amides is 1. The molecule has 2 fully saturated rings. The van der Waals surface area contributed by atoms with Gasteiger partial charge in [0.2, 0.25) is 0 Å². The van der Waals surface area contributed by atoms with E-state index in [1.54, 1.807) is 6.20 Å². The highest BCUT2D eigenvalue weighted by Crippen LogP contribution is 2.27. The molecule has 0 aliphatic carbocycles. The second kappa shape index (κ2) is 5.95. The van der Waals surface area contributed by atoms with Crippen LogP contribution in [-0.2, 0) is 0 Å². The fraction of sp³-hybridized carbons (Fsp3) is 0.727. The summed E-state index contributed by atoms with van der Waals surface area (Å²) in [5.74, 6) is 1.55. The van der Waals surface area contributed by atoms with Gasteiger partial charge in [0.05, 0.1) is 17.9 Å². The number of carbonyl (C=O) groups excluding carboxylic acids is 1. The third kappa shape index (κ3) is 2.65. The van der Waals surface area contributed by atoms with Crippen LogP contribution in [0.25, 0.3) is 0 Å². The zero-order chi connectivity index (χ0) is 11.7. The van der Waals surface area contributed by atoms with Crippen molar-refractivity contribution in [3.8, 4) is 0 Å². The smallest absolute Gasteiger partial charge is 0.275 e. The molecule has 100 valence electrons. The lowest BCUT2D eigenvalue weighted by molar-refractivity contribution is 0.0753. The summed E-state index contributed by atoms with van der Waals surface area (Å²) in [6, 6.07) is 0. The molecule has 0 unspecified atom stereocenters. The molecule has 5 nitrogen and oxygen atoms in total. The molecular weight excluding hydrogens is 272 g/mol. The molecule has 1 N–H and O–H groups in total. The summed E-state index contributed by atoms with van der Waals surface area (Å²) in [6.45, 7) is 3.95. The Balaban J connectivity index is 0.00000120. The summed E-state index contributed by atoms with van der Waals surface area (Å²) in [5.41, 5.74) is 0.500. The zero-order valence-electron chi connectivity index (χ0n) is 10.0. The maximum atomic E-state index is 12.1. The summed E-state index contributed by atoms with van der Waals surface area (Å²) in [4.78, 5) is 14.1. The molecule has 0 saturated carbocycles. The van der Waals surface area contributed by atoms with Gasteiger partial charge in [0.15, 0.2) is 5.69 Å². The van der Waals surface area contributed by atoms with Crippen molar-refractivity contribution >= 4 is 30.0 Å². The van der Waals surface area contributed by atoms with Gasteiger partial charge < -0.3 is 10.2 Å². The SMILES string of the molecule is Cl.O=C(c1cnsn1)N1CC[C@@H]2CNC[C@@H]2CC1. The number of halogens is 1. The predicted octanol–water partition coefficient (Wildman–Crippen LogP) is 1.03. The summed E-state index contributed by atoms with van der Waals surface area (Å²) in [7, 11) is 0. The van der Waals surface area contributed by atoms with E-state index in [2.05, 4.69) is 14.1 Å². The van der Waals surface area contributed by atoms with Crippen LogP contribution in [0.4, 0.5) is 0 Å². The maximum absolute atomic E-state index is 12.1. The van der Waals surface area contributed by atoms with Gasteiger partial charge in [-0.3, -0.25) is 4.79 Å². The molecule has 0 bridgehead atoms. The summed E-state index contributed by atoms with van der Waals surface area (Å²) in [5, 5.41) is 3.44. The first-order valence-electron chi connectivity index (χ1n) is 6.12. The number of aromatic nitrogens is 2. The van der Waals surface area contributed by atoms with Crippen LogP contribution in [0.2, 0.25) is 0 Å². The molecule has 18 heavy (non-hydrogen) atoms. The topological polar surface area (TPSA) is 58.1 Å². The molecule has 0 spiro atoms. The molecule has 2 atom stereocenters. The van der Waals surface area contributed by atoms with Crippen LogP contribution < -0.4 is 5.32 Å². The molecular formula is C11H17ClN4OS. The van der Waals surface area contributed by atoms with Crippen LogP contribution in [0.1, 0.15) is 23.3 Å². The van der Waals surface area contributed by atoms with E-state index in [0.29, 0.717) is 5.69 Å². The second-order valence-electron chi connectivity index (χ2n) is 4.84. The molecule has 3 heterocycles. The molecule has 1 aromatic rings. The van der Waals surface area contributed by atoms with Crippen molar-refractivity contribution in [3.05, 3.63) is 11.9 Å². The summed E-state index contributed by atoms with van der Waals surface area (Å²) < 4.78 is 7.91. The third-order valence-electron chi connectivity index (χ3n) is 3.89. The number of nitrogens with zero attached hydrogens (tertiary/aromatic N) is 3. The Labute approximate surface area is 117 Å². The molecule has 7 heteroatoms. The lowest BCUT2D eigenvalue weighted by Gasteiger charge is -2.19. The van der Waals surface area contributed by atoms with Gasteiger partial charge in [0.1, 0.15) is 0 Å². The number of rotatable bonds is 1. The van der Waals surface area contributed by atoms with E-state index >= 15 is 0 Å². The number of fused-ring (bicyclic) bond motifs is 1. The number of likely N-dealkylation sites (tertiary alicyclic amines) is 1. The average molecular weight is 289 g/mol. The normalized spacial score (nSPS) is 27.2. The van der Waals surface area contributed by atoms with Gasteiger partial charge in [-0.25, -0.2) is 0 Å². The van der Waals surface area contributed by atoms with Crippen molar-refractivity contribution in [2.24, 2.45) is 11.8 Å². The first-order valence-corrected chi connectivity index (χ1v) is 6.85. The predicted molar refractivity (Wildman–Crippen MR) is 72.1 cm³/mol. The third-order valence-corrected chi connectivity index (χ3v) is 4.37. The quantitative estimate of drug-likeness (QED) is 0.839. The molecule has 2 aliphatic heterocycles. The van der Waals surface area contributed by atoms with Gasteiger partial charge >= 0.3 is 0 Å². The first kappa shape index (κ1) is 13.7. The van der Waals surface area contributed by atoms with Gasteiger partial charge in [-0.05, 0) is 37.8 Å². The van der Waals surface area contributed by atoms with E-state index < -0.39 is 0 Å². The Morgan fingerprint density at radius 3 is 2.56 bits per heavy atom. The fourth-order valence-electron chi connectivity index (χ4n) is 2.84. The Bertz CT molecular complexity index is 386. The number of hydrogen-bond acceptors (Lipinski definition) is 5. The summed E-state index contributed by atoms with van der Waals surface area (Å²) in [6.07, 6.45) is 3.79. The van der Waals surface area contributed by atoms with E-state index in [1.807, 2.05) is 4.90 Å². The van der Waals surface area contributed by atoms with Gasteiger partial charge in [0, 0.05) is 13.1 Å². The van der Waals surface area contributed by atoms with E-state index in [-0.39, 0.29) is 18.3 Å². The van der Waals surface area contributed by atoms with Gasteiger partial charge in [-0.2, -0.15) is 8.75 Å². The summed E-state index contributed by atoms with van der Waals surface area (Å²) >= 11 is 1.10. The Morgan fingerprint density at radius 2 is 2.00 bits per heavy atom. The standard InChI is InChI=1S/C11H16N4OS.ClH/c16-11(10-7-13-17-14-10)15-3-1-8-5-12-6-9(8)2-4-15;/h7-9,12H,1-6H2;1H/t8-,9+;. The molecule has 0 aromatic carbocycles. The lowest BCUT2D eigenvalue weighted by atomic mass is 9.92. The Morgan fingerprint density at radius 1 is 1.33 bits per heavy atom. The van der Waals surface area contributed by atoms with E-state index in [9.17, 15) is 4.79 Å². The minimum absolute atomic E-state index is 0. The van der Waals surface area contributed by atoms with Crippen molar-refractivity contribution in [2.75, 3.05) is 26.2 Å². The van der Waals surface area contributed by atoms with Gasteiger partial charge in [-0.15, -0.1) is 12.4 Å². The van der Waals surface area contributed by atoms with Crippen LogP contribution in [0.15, 0.2) is 6.20 Å². The van der Waals surface area contributed by atoms with Crippen LogP contribution in [0.3, 0.4) is 0 Å². The van der Waals surface area contributed by atoms with E-state index in [1.165, 1.54) is 0 Å². The van der Waals surface area contributed by atoms with Gasteiger partial charge in [-0.1, -0.05) is 0 Å². The monoisotopic (exact) mass is 288 g/mol. The Hall–Kier alpha value is -0.720. The highest BCUT2D eigenvalue weighted by molar-refractivity contribution is 6.99. The van der Waals surface area contributed by atoms with Crippen LogP contribution in [-0.4, -0.2) is 45.7 Å². The van der Waals surface area contributed by atoms with Crippen molar-refractivity contribution in [3.63, 3.8) is 0 Å². The van der Waals surface area contributed by atoms with Crippen LogP contribution >= 0.6 is 24.1 Å². The van der Waals surface area contributed by atoms with Gasteiger partial charge in [0.25, 0.3) is 5.91 Å². The minimum atomic E-state index is 0. The average Bonchev–Trinajstić information content (AvgIpc) is 2.97. The number of nitrogens with one attached hydrogen (secondary N) is 1. The first-order chi connectivity index (χ1) is 8.34.